The predicted molar refractivity (Wildman–Crippen MR) is 108 cm³/mol. The number of amides is 1. The zero-order valence-corrected chi connectivity index (χ0v) is 17.7. The van der Waals surface area contributed by atoms with E-state index >= 15 is 0 Å². The normalized spacial score (nSPS) is 15.8. The highest BCUT2D eigenvalue weighted by Crippen LogP contribution is 2.29. The minimum absolute atomic E-state index is 0.0408. The van der Waals surface area contributed by atoms with Gasteiger partial charge in [0, 0.05) is 36.8 Å². The lowest BCUT2D eigenvalue weighted by Gasteiger charge is -2.34. The fourth-order valence-electron chi connectivity index (χ4n) is 2.76. The van der Waals surface area contributed by atoms with Crippen LogP contribution in [0.2, 0.25) is 20.1 Å². The molecule has 10 heteroatoms. The first-order valence-corrected chi connectivity index (χ1v) is 10.8. The van der Waals surface area contributed by atoms with E-state index in [2.05, 4.69) is 0 Å². The SMILES string of the molecule is O=C(c1ccc(Cl)c(Cl)c1)N1CCN(S(=O)(=O)c2cc(Cl)ccc2Cl)CC1. The Morgan fingerprint density at radius 3 is 2.07 bits per heavy atom. The van der Waals surface area contributed by atoms with Crippen LogP contribution in [0.25, 0.3) is 0 Å². The van der Waals surface area contributed by atoms with Gasteiger partial charge in [0.2, 0.25) is 10.0 Å². The molecule has 3 rings (SSSR count). The summed E-state index contributed by atoms with van der Waals surface area (Å²) in [5, 5.41) is 1.04. The summed E-state index contributed by atoms with van der Waals surface area (Å²) in [6.07, 6.45) is 0. The van der Waals surface area contributed by atoms with Crippen LogP contribution in [0.3, 0.4) is 0 Å². The van der Waals surface area contributed by atoms with E-state index in [1.54, 1.807) is 17.0 Å². The van der Waals surface area contributed by atoms with Crippen LogP contribution in [0, 0.1) is 0 Å². The lowest BCUT2D eigenvalue weighted by atomic mass is 10.2. The first-order valence-electron chi connectivity index (χ1n) is 7.89. The van der Waals surface area contributed by atoms with Gasteiger partial charge in [-0.15, -0.1) is 0 Å². The van der Waals surface area contributed by atoms with Crippen molar-refractivity contribution in [3.8, 4) is 0 Å². The van der Waals surface area contributed by atoms with Gasteiger partial charge in [0.1, 0.15) is 4.90 Å². The molecule has 2 aromatic rings. The minimum Gasteiger partial charge on any atom is -0.336 e. The zero-order chi connectivity index (χ0) is 19.8. The summed E-state index contributed by atoms with van der Waals surface area (Å²) >= 11 is 23.8. The van der Waals surface area contributed by atoms with Crippen LogP contribution in [0.5, 0.6) is 0 Å². The van der Waals surface area contributed by atoms with Crippen molar-refractivity contribution in [1.29, 1.82) is 0 Å². The van der Waals surface area contributed by atoms with E-state index < -0.39 is 10.0 Å². The molecule has 0 saturated carbocycles. The summed E-state index contributed by atoms with van der Waals surface area (Å²) < 4.78 is 27.0. The number of piperazine rings is 1. The molecule has 27 heavy (non-hydrogen) atoms. The lowest BCUT2D eigenvalue weighted by Crippen LogP contribution is -2.50. The first-order chi connectivity index (χ1) is 12.7. The highest BCUT2D eigenvalue weighted by atomic mass is 35.5. The molecule has 1 saturated heterocycles. The maximum Gasteiger partial charge on any atom is 0.253 e. The van der Waals surface area contributed by atoms with Crippen LogP contribution in [-0.4, -0.2) is 49.7 Å². The molecular formula is C17H14Cl4N2O3S. The molecule has 2 aromatic carbocycles. The summed E-state index contributed by atoms with van der Waals surface area (Å²) in [5.74, 6) is -0.230. The van der Waals surface area contributed by atoms with Gasteiger partial charge in [-0.05, 0) is 36.4 Å². The number of halogens is 4. The van der Waals surface area contributed by atoms with E-state index in [1.165, 1.54) is 28.6 Å². The van der Waals surface area contributed by atoms with E-state index in [9.17, 15) is 13.2 Å². The van der Waals surface area contributed by atoms with Crippen molar-refractivity contribution in [2.45, 2.75) is 4.90 Å². The Morgan fingerprint density at radius 2 is 1.44 bits per heavy atom. The molecule has 1 amide bonds. The molecule has 0 aromatic heterocycles. The largest absolute Gasteiger partial charge is 0.336 e. The average Bonchev–Trinajstić information content (AvgIpc) is 2.65. The summed E-state index contributed by atoms with van der Waals surface area (Å²) in [6, 6.07) is 8.94. The van der Waals surface area contributed by atoms with Crippen LogP contribution in [0.1, 0.15) is 10.4 Å². The van der Waals surface area contributed by atoms with Gasteiger partial charge in [-0.25, -0.2) is 8.42 Å². The molecule has 1 aliphatic heterocycles. The van der Waals surface area contributed by atoms with Gasteiger partial charge >= 0.3 is 0 Å². The van der Waals surface area contributed by atoms with Crippen molar-refractivity contribution in [3.63, 3.8) is 0 Å². The molecule has 0 N–H and O–H groups in total. The summed E-state index contributed by atoms with van der Waals surface area (Å²) in [6.45, 7) is 0.795. The second kappa shape index (κ2) is 8.15. The predicted octanol–water partition coefficient (Wildman–Crippen LogP) is 4.45. The summed E-state index contributed by atoms with van der Waals surface area (Å²) in [4.78, 5) is 14.1. The number of rotatable bonds is 3. The van der Waals surface area contributed by atoms with Crippen molar-refractivity contribution in [2.24, 2.45) is 0 Å². The monoisotopic (exact) mass is 466 g/mol. The maximum atomic E-state index is 12.8. The van der Waals surface area contributed by atoms with Gasteiger partial charge < -0.3 is 4.90 Å². The molecule has 1 fully saturated rings. The van der Waals surface area contributed by atoms with E-state index in [0.29, 0.717) is 15.6 Å². The maximum absolute atomic E-state index is 12.8. The highest BCUT2D eigenvalue weighted by Gasteiger charge is 2.32. The Bertz CT molecular complexity index is 990. The third kappa shape index (κ3) is 4.36. The number of hydrogen-bond donors (Lipinski definition) is 0. The van der Waals surface area contributed by atoms with E-state index in [4.69, 9.17) is 46.4 Å². The Kier molecular flexibility index (Phi) is 6.25. The Labute approximate surface area is 177 Å². The fourth-order valence-corrected chi connectivity index (χ4v) is 5.21. The molecule has 0 radical (unpaired) electrons. The first kappa shape index (κ1) is 20.7. The van der Waals surface area contributed by atoms with Crippen molar-refractivity contribution < 1.29 is 13.2 Å². The van der Waals surface area contributed by atoms with Gasteiger partial charge in [-0.3, -0.25) is 4.79 Å². The van der Waals surface area contributed by atoms with Crippen molar-refractivity contribution in [2.75, 3.05) is 26.2 Å². The molecule has 144 valence electrons. The molecule has 0 unspecified atom stereocenters. The summed E-state index contributed by atoms with van der Waals surface area (Å²) in [5.41, 5.74) is 0.401. The number of benzene rings is 2. The van der Waals surface area contributed by atoms with E-state index in [0.717, 1.165) is 0 Å². The molecule has 1 heterocycles. The standard InChI is InChI=1S/C17H14Cl4N2O3S/c18-12-2-4-14(20)16(10-12)27(25,26)23-7-5-22(6-8-23)17(24)11-1-3-13(19)15(21)9-11/h1-4,9-10H,5-8H2. The van der Waals surface area contributed by atoms with Crippen LogP contribution < -0.4 is 0 Å². The molecule has 1 aliphatic rings. The number of carbonyl (C=O) groups is 1. The van der Waals surface area contributed by atoms with Gasteiger partial charge in [0.05, 0.1) is 15.1 Å². The Morgan fingerprint density at radius 1 is 0.815 bits per heavy atom. The highest BCUT2D eigenvalue weighted by molar-refractivity contribution is 7.89. The van der Waals surface area contributed by atoms with Crippen molar-refractivity contribution in [1.82, 2.24) is 9.21 Å². The van der Waals surface area contributed by atoms with Crippen molar-refractivity contribution in [3.05, 3.63) is 62.1 Å². The number of hydrogen-bond acceptors (Lipinski definition) is 3. The number of nitrogens with zero attached hydrogens (tertiary/aromatic N) is 2. The number of carbonyl (C=O) groups excluding carboxylic acids is 1. The average molecular weight is 468 g/mol. The van der Waals surface area contributed by atoms with Crippen LogP contribution in [0.4, 0.5) is 0 Å². The molecule has 0 aliphatic carbocycles. The fraction of sp³-hybridized carbons (Fsp3) is 0.235. The Hall–Kier alpha value is -1.02. The van der Waals surface area contributed by atoms with Gasteiger partial charge in [-0.2, -0.15) is 4.31 Å². The van der Waals surface area contributed by atoms with Crippen LogP contribution in [0.15, 0.2) is 41.3 Å². The quantitative estimate of drug-likeness (QED) is 0.670. The second-order valence-corrected chi connectivity index (χ2v) is 9.46. The molecular weight excluding hydrogens is 454 g/mol. The molecule has 0 bridgehead atoms. The van der Waals surface area contributed by atoms with Gasteiger partial charge in [-0.1, -0.05) is 46.4 Å². The molecule has 0 atom stereocenters. The Balaban J connectivity index is 1.73. The zero-order valence-electron chi connectivity index (χ0n) is 13.8. The van der Waals surface area contributed by atoms with Crippen molar-refractivity contribution >= 4 is 62.3 Å². The van der Waals surface area contributed by atoms with Gasteiger partial charge in [0.15, 0.2) is 0 Å². The topological polar surface area (TPSA) is 57.7 Å². The van der Waals surface area contributed by atoms with Crippen LogP contribution in [-0.2, 0) is 10.0 Å². The molecule has 5 nitrogen and oxygen atoms in total. The minimum atomic E-state index is -3.80. The van der Waals surface area contributed by atoms with E-state index in [-0.39, 0.29) is 47.0 Å². The number of sulfonamides is 1. The summed E-state index contributed by atoms with van der Waals surface area (Å²) in [7, 11) is -3.80. The van der Waals surface area contributed by atoms with E-state index in [1.807, 2.05) is 0 Å². The molecule has 0 spiro atoms. The third-order valence-electron chi connectivity index (χ3n) is 4.20. The smallest absolute Gasteiger partial charge is 0.253 e. The van der Waals surface area contributed by atoms with Crippen LogP contribution >= 0.6 is 46.4 Å². The van der Waals surface area contributed by atoms with Gasteiger partial charge in [0.25, 0.3) is 5.91 Å². The lowest BCUT2D eigenvalue weighted by molar-refractivity contribution is 0.0698. The third-order valence-corrected chi connectivity index (χ3v) is 7.56. The second-order valence-electron chi connectivity index (χ2n) is 5.90.